The number of nitrogens with zero attached hydrogens (tertiary/aromatic N) is 2. The first-order valence-corrected chi connectivity index (χ1v) is 6.34. The lowest BCUT2D eigenvalue weighted by atomic mass is 10.3. The molecule has 0 bridgehead atoms. The smallest absolute Gasteiger partial charge is 0.167 e. The number of hydrogen-bond donors (Lipinski definition) is 1. The summed E-state index contributed by atoms with van der Waals surface area (Å²) in [5.74, 6) is 0.920. The standard InChI is InChI=1S/C14H18FN3O/c1-3-19-14-5-4-12(10-13(14)15)17-7-9-18-8-6-16-11(18)2/h4-6,8,10,17H,3,7,9H2,1-2H3. The summed E-state index contributed by atoms with van der Waals surface area (Å²) < 4.78 is 20.8. The van der Waals surface area contributed by atoms with Crippen molar-refractivity contribution in [3.63, 3.8) is 0 Å². The molecule has 0 aliphatic carbocycles. The third-order valence-electron chi connectivity index (χ3n) is 2.84. The maximum absolute atomic E-state index is 13.6. The number of nitrogens with one attached hydrogen (secondary N) is 1. The Balaban J connectivity index is 1.89. The molecule has 0 atom stereocenters. The molecule has 0 unspecified atom stereocenters. The molecule has 0 aliphatic rings. The first kappa shape index (κ1) is 13.4. The Morgan fingerprint density at radius 1 is 1.42 bits per heavy atom. The number of hydrogen-bond acceptors (Lipinski definition) is 3. The van der Waals surface area contributed by atoms with E-state index in [1.54, 1.807) is 12.3 Å². The quantitative estimate of drug-likeness (QED) is 0.871. The van der Waals surface area contributed by atoms with Crippen LogP contribution in [0.3, 0.4) is 0 Å². The number of aryl methyl sites for hydroxylation is 1. The second-order valence-electron chi connectivity index (χ2n) is 4.17. The average Bonchev–Trinajstić information content (AvgIpc) is 2.79. The van der Waals surface area contributed by atoms with Gasteiger partial charge in [-0.05, 0) is 26.0 Å². The van der Waals surface area contributed by atoms with Crippen LogP contribution in [0.15, 0.2) is 30.6 Å². The summed E-state index contributed by atoms with van der Waals surface area (Å²) in [6, 6.07) is 4.91. The van der Waals surface area contributed by atoms with E-state index in [1.807, 2.05) is 30.7 Å². The van der Waals surface area contributed by atoms with Crippen molar-refractivity contribution in [3.05, 3.63) is 42.2 Å². The van der Waals surface area contributed by atoms with Gasteiger partial charge in [0.1, 0.15) is 5.82 Å². The van der Waals surface area contributed by atoms with E-state index in [2.05, 4.69) is 10.3 Å². The summed E-state index contributed by atoms with van der Waals surface area (Å²) in [6.45, 7) is 5.75. The highest BCUT2D eigenvalue weighted by Crippen LogP contribution is 2.20. The molecule has 0 radical (unpaired) electrons. The SMILES string of the molecule is CCOc1ccc(NCCn2ccnc2C)cc1F. The van der Waals surface area contributed by atoms with Gasteiger partial charge < -0.3 is 14.6 Å². The fourth-order valence-corrected chi connectivity index (χ4v) is 1.84. The van der Waals surface area contributed by atoms with Gasteiger partial charge in [-0.3, -0.25) is 0 Å². The molecule has 0 amide bonds. The highest BCUT2D eigenvalue weighted by Gasteiger charge is 2.04. The van der Waals surface area contributed by atoms with Gasteiger partial charge in [0.2, 0.25) is 0 Å². The number of ether oxygens (including phenoxy) is 1. The van der Waals surface area contributed by atoms with Crippen molar-refractivity contribution in [2.24, 2.45) is 0 Å². The zero-order valence-corrected chi connectivity index (χ0v) is 11.2. The maximum Gasteiger partial charge on any atom is 0.167 e. The highest BCUT2D eigenvalue weighted by atomic mass is 19.1. The van der Waals surface area contributed by atoms with Gasteiger partial charge in [-0.2, -0.15) is 0 Å². The van der Waals surface area contributed by atoms with Gasteiger partial charge in [0.15, 0.2) is 11.6 Å². The summed E-state index contributed by atoms with van der Waals surface area (Å²) in [5.41, 5.74) is 0.749. The van der Waals surface area contributed by atoms with Crippen molar-refractivity contribution < 1.29 is 9.13 Å². The first-order valence-electron chi connectivity index (χ1n) is 6.34. The van der Waals surface area contributed by atoms with E-state index in [9.17, 15) is 4.39 Å². The van der Waals surface area contributed by atoms with Crippen molar-refractivity contribution in [2.45, 2.75) is 20.4 Å². The van der Waals surface area contributed by atoms with E-state index in [0.717, 1.165) is 18.1 Å². The van der Waals surface area contributed by atoms with E-state index in [0.29, 0.717) is 18.9 Å². The fourth-order valence-electron chi connectivity index (χ4n) is 1.84. The van der Waals surface area contributed by atoms with Crippen LogP contribution in [-0.2, 0) is 6.54 Å². The first-order chi connectivity index (χ1) is 9.20. The van der Waals surface area contributed by atoms with Crippen LogP contribution in [0.5, 0.6) is 5.75 Å². The highest BCUT2D eigenvalue weighted by molar-refractivity contribution is 5.47. The molecule has 102 valence electrons. The van der Waals surface area contributed by atoms with Crippen LogP contribution >= 0.6 is 0 Å². The topological polar surface area (TPSA) is 39.1 Å². The molecule has 5 heteroatoms. The second kappa shape index (κ2) is 6.22. The molecule has 2 rings (SSSR count). The Morgan fingerprint density at radius 2 is 2.26 bits per heavy atom. The van der Waals surface area contributed by atoms with Crippen LogP contribution in [0.2, 0.25) is 0 Å². The van der Waals surface area contributed by atoms with Crippen molar-refractivity contribution >= 4 is 5.69 Å². The van der Waals surface area contributed by atoms with E-state index in [-0.39, 0.29) is 5.82 Å². The van der Waals surface area contributed by atoms with Crippen molar-refractivity contribution in [1.82, 2.24) is 9.55 Å². The third-order valence-corrected chi connectivity index (χ3v) is 2.84. The minimum atomic E-state index is -0.342. The van der Waals surface area contributed by atoms with E-state index >= 15 is 0 Å². The Morgan fingerprint density at radius 3 is 2.89 bits per heavy atom. The number of rotatable bonds is 6. The molecule has 1 aromatic carbocycles. The zero-order chi connectivity index (χ0) is 13.7. The largest absolute Gasteiger partial charge is 0.491 e. The van der Waals surface area contributed by atoms with Gasteiger partial charge in [-0.1, -0.05) is 0 Å². The maximum atomic E-state index is 13.6. The minimum absolute atomic E-state index is 0.290. The molecule has 0 saturated heterocycles. The number of halogens is 1. The minimum Gasteiger partial charge on any atom is -0.491 e. The molecule has 4 nitrogen and oxygen atoms in total. The van der Waals surface area contributed by atoms with Crippen LogP contribution in [0.1, 0.15) is 12.7 Å². The number of anilines is 1. The summed E-state index contributed by atoms with van der Waals surface area (Å²) in [7, 11) is 0. The van der Waals surface area contributed by atoms with Gasteiger partial charge >= 0.3 is 0 Å². The third kappa shape index (κ3) is 3.47. The lowest BCUT2D eigenvalue weighted by Gasteiger charge is -2.10. The number of imidazole rings is 1. The van der Waals surface area contributed by atoms with Gasteiger partial charge in [0, 0.05) is 37.2 Å². The molecule has 1 N–H and O–H groups in total. The van der Waals surface area contributed by atoms with Crippen molar-refractivity contribution in [3.8, 4) is 5.75 Å². The van der Waals surface area contributed by atoms with Crippen LogP contribution in [0.25, 0.3) is 0 Å². The van der Waals surface area contributed by atoms with Gasteiger partial charge in [0.25, 0.3) is 0 Å². The summed E-state index contributed by atoms with van der Waals surface area (Å²) in [6.07, 6.45) is 3.70. The second-order valence-corrected chi connectivity index (χ2v) is 4.17. The lowest BCUT2D eigenvalue weighted by Crippen LogP contribution is -2.11. The zero-order valence-electron chi connectivity index (χ0n) is 11.2. The Labute approximate surface area is 112 Å². The van der Waals surface area contributed by atoms with Crippen molar-refractivity contribution in [2.75, 3.05) is 18.5 Å². The molecular formula is C14H18FN3O. The number of aromatic nitrogens is 2. The fraction of sp³-hybridized carbons (Fsp3) is 0.357. The normalized spacial score (nSPS) is 10.5. The molecule has 0 saturated carbocycles. The molecule has 1 heterocycles. The van der Waals surface area contributed by atoms with Gasteiger partial charge in [-0.15, -0.1) is 0 Å². The predicted molar refractivity (Wildman–Crippen MR) is 73.0 cm³/mol. The van der Waals surface area contributed by atoms with E-state index in [1.165, 1.54) is 6.07 Å². The molecule has 1 aromatic heterocycles. The van der Waals surface area contributed by atoms with Crippen LogP contribution < -0.4 is 10.1 Å². The monoisotopic (exact) mass is 263 g/mol. The van der Waals surface area contributed by atoms with Gasteiger partial charge in [0.05, 0.1) is 6.61 Å². The van der Waals surface area contributed by atoms with E-state index in [4.69, 9.17) is 4.74 Å². The Bertz CT molecular complexity index is 539. The van der Waals surface area contributed by atoms with Crippen LogP contribution in [-0.4, -0.2) is 22.7 Å². The molecule has 0 aliphatic heterocycles. The van der Waals surface area contributed by atoms with Gasteiger partial charge in [-0.25, -0.2) is 9.37 Å². The Kier molecular flexibility index (Phi) is 4.39. The van der Waals surface area contributed by atoms with Crippen LogP contribution in [0, 0.1) is 12.7 Å². The van der Waals surface area contributed by atoms with Crippen LogP contribution in [0.4, 0.5) is 10.1 Å². The summed E-state index contributed by atoms with van der Waals surface area (Å²) in [5, 5.41) is 3.18. The summed E-state index contributed by atoms with van der Waals surface area (Å²) >= 11 is 0. The number of benzene rings is 1. The predicted octanol–water partition coefficient (Wildman–Crippen LogP) is 2.84. The summed E-state index contributed by atoms with van der Waals surface area (Å²) in [4.78, 5) is 4.15. The molecular weight excluding hydrogens is 245 g/mol. The molecule has 19 heavy (non-hydrogen) atoms. The van der Waals surface area contributed by atoms with Crippen molar-refractivity contribution in [1.29, 1.82) is 0 Å². The lowest BCUT2D eigenvalue weighted by molar-refractivity contribution is 0.321. The Hall–Kier alpha value is -2.04. The average molecular weight is 263 g/mol. The molecule has 2 aromatic rings. The molecule has 0 spiro atoms. The van der Waals surface area contributed by atoms with E-state index < -0.39 is 0 Å². The molecule has 0 fully saturated rings.